The fraction of sp³-hybridized carbons (Fsp3) is 0.407. The van der Waals surface area contributed by atoms with E-state index in [1.807, 2.05) is 48.2 Å². The number of hydrogen-bond acceptors (Lipinski definition) is 6. The maximum absolute atomic E-state index is 10.7. The van der Waals surface area contributed by atoms with Gasteiger partial charge in [0.25, 0.3) is 0 Å². The third-order valence-electron chi connectivity index (χ3n) is 7.57. The van der Waals surface area contributed by atoms with Gasteiger partial charge in [0.1, 0.15) is 11.6 Å². The van der Waals surface area contributed by atoms with Crippen molar-refractivity contribution in [3.05, 3.63) is 92.5 Å². The van der Waals surface area contributed by atoms with Gasteiger partial charge in [-0.1, -0.05) is 59.6 Å². The number of benzene rings is 2. The molecule has 0 bridgehead atoms. The van der Waals surface area contributed by atoms with Crippen molar-refractivity contribution in [2.75, 3.05) is 27.3 Å². The molecule has 0 saturated heterocycles. The summed E-state index contributed by atoms with van der Waals surface area (Å²) in [5.74, 6) is -1.16. The maximum atomic E-state index is 10.7. The normalized spacial score (nSPS) is 23.4. The average Bonchev–Trinajstić information content (AvgIpc) is 3.16. The van der Waals surface area contributed by atoms with Crippen LogP contribution < -0.4 is 0 Å². The number of methoxy groups -OCH3 is 2. The molecule has 0 amide bonds. The molecule has 40 heavy (non-hydrogen) atoms. The van der Waals surface area contributed by atoms with Gasteiger partial charge in [0.2, 0.25) is 5.79 Å². The van der Waals surface area contributed by atoms with Crippen LogP contribution in [0.2, 0.25) is 10.0 Å². The van der Waals surface area contributed by atoms with E-state index >= 15 is 0 Å². The number of hydrogen-bond donors (Lipinski definition) is 0. The summed E-state index contributed by atoms with van der Waals surface area (Å²) in [5, 5.41) is 1.49. The van der Waals surface area contributed by atoms with Crippen LogP contribution in [0.4, 0.5) is 13.2 Å². The molecule has 13 heteroatoms. The number of alkyl halides is 3. The second-order valence-electron chi connectivity index (χ2n) is 9.23. The van der Waals surface area contributed by atoms with E-state index in [1.165, 1.54) is 10.6 Å². The molecule has 1 aliphatic heterocycles. The molecule has 220 valence electrons. The molecule has 2 aliphatic rings. The van der Waals surface area contributed by atoms with Crippen molar-refractivity contribution in [3.8, 4) is 0 Å². The molecule has 2 atom stereocenters. The van der Waals surface area contributed by atoms with Crippen LogP contribution in [-0.2, 0) is 24.5 Å². The van der Waals surface area contributed by atoms with Gasteiger partial charge in [0, 0.05) is 31.7 Å². The van der Waals surface area contributed by atoms with E-state index in [2.05, 4.69) is 45.0 Å². The predicted molar refractivity (Wildman–Crippen MR) is 151 cm³/mol. The number of quaternary nitrogens is 1. The van der Waals surface area contributed by atoms with Gasteiger partial charge >= 0.3 is 5.51 Å². The van der Waals surface area contributed by atoms with Gasteiger partial charge < -0.3 is 14.0 Å². The largest absolute Gasteiger partial charge is 0.741 e. The molecular formula is C27H30Cl2F3NO5S2. The van der Waals surface area contributed by atoms with E-state index < -0.39 is 21.4 Å². The first-order valence-electron chi connectivity index (χ1n) is 12.2. The Hall–Kier alpha value is -1.57. The van der Waals surface area contributed by atoms with Crippen LogP contribution >= 0.6 is 35.0 Å². The van der Waals surface area contributed by atoms with Crippen molar-refractivity contribution >= 4 is 45.1 Å². The lowest BCUT2D eigenvalue weighted by molar-refractivity contribution is -0.928. The minimum absolute atomic E-state index is 0.206. The number of rotatable bonds is 6. The first-order valence-corrected chi connectivity index (χ1v) is 15.2. The second-order valence-corrected chi connectivity index (χ2v) is 12.9. The summed E-state index contributed by atoms with van der Waals surface area (Å²) in [6.07, 6.45) is 4.19. The molecule has 6 nitrogen and oxygen atoms in total. The molecule has 4 rings (SSSR count). The number of halogens is 5. The summed E-state index contributed by atoms with van der Waals surface area (Å²) in [4.78, 5) is 0.916. The summed E-state index contributed by atoms with van der Waals surface area (Å²) in [6.45, 7) is 8.59. The van der Waals surface area contributed by atoms with Crippen molar-refractivity contribution in [1.29, 1.82) is 0 Å². The minimum atomic E-state index is -6.09. The first kappa shape index (κ1) is 32.9. The van der Waals surface area contributed by atoms with Crippen molar-refractivity contribution in [2.45, 2.75) is 42.9 Å². The Morgan fingerprint density at radius 2 is 1.50 bits per heavy atom. The van der Waals surface area contributed by atoms with Crippen molar-refractivity contribution in [1.82, 2.24) is 0 Å². The molecule has 0 aromatic heterocycles. The van der Waals surface area contributed by atoms with E-state index in [9.17, 15) is 13.2 Å². The van der Waals surface area contributed by atoms with Gasteiger partial charge in [-0.25, -0.2) is 8.42 Å². The van der Waals surface area contributed by atoms with Crippen LogP contribution in [-0.4, -0.2) is 56.1 Å². The van der Waals surface area contributed by atoms with Crippen molar-refractivity contribution in [3.63, 3.8) is 0 Å². The van der Waals surface area contributed by atoms with Gasteiger partial charge in [-0.2, -0.15) is 13.2 Å². The average molecular weight is 641 g/mol. The van der Waals surface area contributed by atoms with E-state index in [0.29, 0.717) is 5.02 Å². The second kappa shape index (κ2) is 12.0. The number of ether oxygens (including phenoxy) is 2. The molecule has 0 spiro atoms. The number of allylic oxidation sites excluding steroid dienone is 1. The molecule has 2 aromatic carbocycles. The molecule has 0 radical (unpaired) electrons. The SMILES string of the molecule is CC[N+]1(CC)C2=C(C=CC(OC)(OC)C2c2ccccc2Cl)SC1(C)c1ccccc1Cl.O=S(=O)([O-])C(F)(F)F. The molecule has 0 saturated carbocycles. The third kappa shape index (κ3) is 5.47. The van der Waals surface area contributed by atoms with E-state index in [-0.39, 0.29) is 10.8 Å². The Morgan fingerprint density at radius 1 is 1.00 bits per heavy atom. The number of thioether (sulfide) groups is 1. The van der Waals surface area contributed by atoms with Gasteiger partial charge in [0.15, 0.2) is 15.0 Å². The summed E-state index contributed by atoms with van der Waals surface area (Å²) < 4.78 is 71.8. The Morgan fingerprint density at radius 3 is 1.95 bits per heavy atom. The lowest BCUT2D eigenvalue weighted by Gasteiger charge is -2.50. The number of likely N-dealkylation sites (N-methyl/N-ethyl adjacent to an activating group) is 1. The summed E-state index contributed by atoms with van der Waals surface area (Å²) >= 11 is 15.5. The highest BCUT2D eigenvalue weighted by Gasteiger charge is 2.64. The summed E-state index contributed by atoms with van der Waals surface area (Å²) in [6, 6.07) is 16.2. The molecule has 0 N–H and O–H groups in total. The molecule has 1 heterocycles. The van der Waals surface area contributed by atoms with E-state index in [1.54, 1.807) is 14.2 Å². The highest BCUT2D eigenvalue weighted by atomic mass is 35.5. The molecule has 1 aliphatic carbocycles. The van der Waals surface area contributed by atoms with Crippen LogP contribution in [0.3, 0.4) is 0 Å². The Labute approximate surface area is 247 Å². The Balaban J connectivity index is 0.000000482. The fourth-order valence-corrected chi connectivity index (χ4v) is 8.00. The Bertz CT molecular complexity index is 1410. The zero-order valence-electron chi connectivity index (χ0n) is 22.5. The van der Waals surface area contributed by atoms with Crippen LogP contribution in [0.15, 0.2) is 71.3 Å². The maximum Gasteiger partial charge on any atom is 0.485 e. The lowest BCUT2D eigenvalue weighted by atomic mass is 9.81. The van der Waals surface area contributed by atoms with Gasteiger partial charge in [-0.15, -0.1) is 0 Å². The first-order chi connectivity index (χ1) is 18.6. The zero-order valence-corrected chi connectivity index (χ0v) is 25.6. The fourth-order valence-electron chi connectivity index (χ4n) is 5.60. The van der Waals surface area contributed by atoms with Gasteiger partial charge in [-0.3, -0.25) is 4.48 Å². The quantitative estimate of drug-likeness (QED) is 0.142. The molecule has 2 unspecified atom stereocenters. The zero-order chi connectivity index (χ0) is 30.1. The standard InChI is InChI=1S/C26H30Cl2NO2S.CHF3O3S/c1-6-29(7-2)24-22(32-25(29,3)19-13-9-11-15-21(19)28)16-17-26(30-4,31-5)23(24)18-12-8-10-14-20(18)27;2-1(3,4)8(5,6)7/h8-17,23H,6-7H2,1-5H3;(H,5,6,7)/q+1;/p-1. The third-order valence-corrected chi connectivity index (χ3v) is 10.3. The van der Waals surface area contributed by atoms with Gasteiger partial charge in [-0.05, 0) is 55.5 Å². The minimum Gasteiger partial charge on any atom is -0.741 e. The molecular weight excluding hydrogens is 610 g/mol. The van der Waals surface area contributed by atoms with Crippen molar-refractivity contribution in [2.24, 2.45) is 0 Å². The van der Waals surface area contributed by atoms with Crippen molar-refractivity contribution < 1.29 is 40.1 Å². The van der Waals surface area contributed by atoms with Gasteiger partial charge in [0.05, 0.1) is 23.0 Å². The van der Waals surface area contributed by atoms with E-state index in [4.69, 9.17) is 45.6 Å². The predicted octanol–water partition coefficient (Wildman–Crippen LogP) is 7.38. The Kier molecular flexibility index (Phi) is 9.85. The van der Waals surface area contributed by atoms with Crippen LogP contribution in [0.1, 0.15) is 37.8 Å². The van der Waals surface area contributed by atoms with E-state index in [0.717, 1.165) is 33.7 Å². The highest BCUT2D eigenvalue weighted by Crippen LogP contribution is 2.65. The van der Waals surface area contributed by atoms with Crippen LogP contribution in [0.25, 0.3) is 0 Å². The van der Waals surface area contributed by atoms with Crippen LogP contribution in [0, 0.1) is 0 Å². The monoisotopic (exact) mass is 639 g/mol. The molecule has 0 fully saturated rings. The number of nitrogens with zero attached hydrogens (tertiary/aromatic N) is 1. The summed E-state index contributed by atoms with van der Waals surface area (Å²) in [7, 11) is -2.69. The van der Waals surface area contributed by atoms with Crippen LogP contribution in [0.5, 0.6) is 0 Å². The topological polar surface area (TPSA) is 75.7 Å². The highest BCUT2D eigenvalue weighted by molar-refractivity contribution is 8.04. The smallest absolute Gasteiger partial charge is 0.485 e. The lowest BCUT2D eigenvalue weighted by Crippen LogP contribution is -2.59. The summed E-state index contributed by atoms with van der Waals surface area (Å²) in [5.41, 5.74) is -2.24. The molecule has 2 aromatic rings.